The molecule has 1 fully saturated rings. The zero-order chi connectivity index (χ0) is 15.9. The molecule has 0 radical (unpaired) electrons. The maximum atomic E-state index is 4.45. The minimum absolute atomic E-state index is 0.575. The molecule has 0 bridgehead atoms. The van der Waals surface area contributed by atoms with E-state index < -0.39 is 0 Å². The number of rotatable bonds is 2. The zero-order valence-electron chi connectivity index (χ0n) is 14.5. The summed E-state index contributed by atoms with van der Waals surface area (Å²) >= 11 is 0. The fourth-order valence-corrected chi connectivity index (χ4v) is 4.42. The average molecular weight is 295 g/mol. The van der Waals surface area contributed by atoms with Gasteiger partial charge in [0.15, 0.2) is 0 Å². The van der Waals surface area contributed by atoms with Crippen LogP contribution < -0.4 is 4.90 Å². The number of aryl methyl sites for hydroxylation is 1. The van der Waals surface area contributed by atoms with Crippen molar-refractivity contribution < 1.29 is 0 Å². The van der Waals surface area contributed by atoms with E-state index in [2.05, 4.69) is 49.6 Å². The lowest BCUT2D eigenvalue weighted by Gasteiger charge is -2.33. The summed E-state index contributed by atoms with van der Waals surface area (Å²) in [4.78, 5) is 2.47. The molecule has 0 amide bonds. The van der Waals surface area contributed by atoms with E-state index in [1.807, 2.05) is 13.8 Å². The third-order valence-electron chi connectivity index (χ3n) is 5.65. The van der Waals surface area contributed by atoms with Gasteiger partial charge in [-0.25, -0.2) is 0 Å². The second kappa shape index (κ2) is 5.95. The molecule has 3 unspecified atom stereocenters. The Morgan fingerprint density at radius 2 is 2.00 bits per heavy atom. The summed E-state index contributed by atoms with van der Waals surface area (Å²) in [5, 5.41) is 0. The average Bonchev–Trinajstić information content (AvgIpc) is 3.10. The fourth-order valence-electron chi connectivity index (χ4n) is 4.42. The molecule has 0 saturated heterocycles. The van der Waals surface area contributed by atoms with Crippen LogP contribution in [-0.2, 0) is 6.42 Å². The summed E-state index contributed by atoms with van der Waals surface area (Å²) in [6.45, 7) is 14.2. The molecule has 22 heavy (non-hydrogen) atoms. The quantitative estimate of drug-likeness (QED) is 0.651. The Hall–Kier alpha value is -1.50. The van der Waals surface area contributed by atoms with E-state index >= 15 is 0 Å². The van der Waals surface area contributed by atoms with Gasteiger partial charge in [0.1, 0.15) is 0 Å². The summed E-state index contributed by atoms with van der Waals surface area (Å²) < 4.78 is 0. The predicted molar refractivity (Wildman–Crippen MR) is 96.2 cm³/mol. The molecule has 4 rings (SSSR count). The molecule has 0 N–H and O–H groups in total. The van der Waals surface area contributed by atoms with Crippen LogP contribution in [-0.4, -0.2) is 6.54 Å². The second-order valence-corrected chi connectivity index (χ2v) is 6.81. The van der Waals surface area contributed by atoms with Gasteiger partial charge in [-0.1, -0.05) is 51.1 Å². The van der Waals surface area contributed by atoms with Gasteiger partial charge < -0.3 is 4.90 Å². The lowest BCUT2D eigenvalue weighted by molar-refractivity contribution is 0.333. The molecule has 1 nitrogen and oxygen atoms in total. The van der Waals surface area contributed by atoms with E-state index in [1.165, 1.54) is 41.8 Å². The van der Waals surface area contributed by atoms with Crippen LogP contribution in [0.15, 0.2) is 42.1 Å². The molecule has 1 heterocycles. The molecule has 1 aliphatic heterocycles. The second-order valence-electron chi connectivity index (χ2n) is 6.81. The van der Waals surface area contributed by atoms with Gasteiger partial charge in [-0.05, 0) is 55.2 Å². The highest BCUT2D eigenvalue weighted by Crippen LogP contribution is 2.51. The van der Waals surface area contributed by atoms with Crippen molar-refractivity contribution in [1.82, 2.24) is 0 Å². The van der Waals surface area contributed by atoms with Crippen LogP contribution in [0.2, 0.25) is 0 Å². The zero-order valence-corrected chi connectivity index (χ0v) is 14.5. The first-order chi connectivity index (χ1) is 10.6. The highest BCUT2D eigenvalue weighted by atomic mass is 15.2. The number of anilines is 1. The van der Waals surface area contributed by atoms with Crippen LogP contribution in [0.25, 0.3) is 0 Å². The van der Waals surface area contributed by atoms with E-state index in [4.69, 9.17) is 0 Å². The van der Waals surface area contributed by atoms with Gasteiger partial charge in [0.2, 0.25) is 0 Å². The van der Waals surface area contributed by atoms with Crippen molar-refractivity contribution in [3.05, 3.63) is 53.3 Å². The van der Waals surface area contributed by atoms with Crippen LogP contribution in [0.1, 0.15) is 44.7 Å². The lowest BCUT2D eigenvalue weighted by Crippen LogP contribution is -2.24. The van der Waals surface area contributed by atoms with E-state index in [9.17, 15) is 0 Å². The number of hydrogen-bond donors (Lipinski definition) is 0. The van der Waals surface area contributed by atoms with Gasteiger partial charge in [-0.2, -0.15) is 0 Å². The van der Waals surface area contributed by atoms with E-state index in [1.54, 1.807) is 5.57 Å². The fraction of sp³-hybridized carbons (Fsp3) is 0.524. The van der Waals surface area contributed by atoms with Crippen LogP contribution in [0, 0.1) is 24.7 Å². The van der Waals surface area contributed by atoms with Crippen molar-refractivity contribution in [2.45, 2.75) is 47.0 Å². The van der Waals surface area contributed by atoms with E-state index in [-0.39, 0.29) is 0 Å². The molecule has 118 valence electrons. The van der Waals surface area contributed by atoms with E-state index in [0.29, 0.717) is 5.92 Å². The molecule has 3 aliphatic rings. The Balaban J connectivity index is 0.000000693. The van der Waals surface area contributed by atoms with E-state index in [0.717, 1.165) is 18.4 Å². The van der Waals surface area contributed by atoms with Gasteiger partial charge >= 0.3 is 0 Å². The molecule has 3 atom stereocenters. The van der Waals surface area contributed by atoms with Crippen molar-refractivity contribution in [3.63, 3.8) is 0 Å². The number of allylic oxidation sites excluding steroid dienone is 2. The molecule has 0 aromatic heterocycles. The molecule has 1 aromatic rings. The Kier molecular flexibility index (Phi) is 4.16. The van der Waals surface area contributed by atoms with Gasteiger partial charge in [0, 0.05) is 23.8 Å². The molecular formula is C21H29N. The van der Waals surface area contributed by atoms with Crippen molar-refractivity contribution in [2.24, 2.45) is 17.8 Å². The van der Waals surface area contributed by atoms with Crippen molar-refractivity contribution in [3.8, 4) is 0 Å². The number of hydrogen-bond acceptors (Lipinski definition) is 1. The van der Waals surface area contributed by atoms with Crippen LogP contribution >= 0.6 is 0 Å². The van der Waals surface area contributed by atoms with Gasteiger partial charge in [-0.15, -0.1) is 0 Å². The molecule has 2 aliphatic carbocycles. The molecule has 1 aromatic carbocycles. The first-order valence-corrected chi connectivity index (χ1v) is 8.91. The molecule has 0 spiro atoms. The van der Waals surface area contributed by atoms with Gasteiger partial charge in [0.25, 0.3) is 0 Å². The Morgan fingerprint density at radius 1 is 1.23 bits per heavy atom. The van der Waals surface area contributed by atoms with Crippen LogP contribution in [0.4, 0.5) is 5.69 Å². The summed E-state index contributed by atoms with van der Waals surface area (Å²) in [5.41, 5.74) is 7.39. The van der Waals surface area contributed by atoms with Crippen LogP contribution in [0.3, 0.4) is 0 Å². The molecule has 1 heteroatoms. The minimum atomic E-state index is 0.575. The highest BCUT2D eigenvalue weighted by Gasteiger charge is 2.40. The third-order valence-corrected chi connectivity index (χ3v) is 5.65. The summed E-state index contributed by atoms with van der Waals surface area (Å²) in [6, 6.07) is 6.67. The minimum Gasteiger partial charge on any atom is -0.345 e. The number of fused-ring (bicyclic) bond motifs is 2. The standard InChI is InChI=1S/C19H23N.C2H6/c1-12-5-4-6-19-17(12)7-8-20(19)14(3)15-10-16-9-13(2)18(16)11-15;1-2/h4-6,11,13,15-16H,3,7-10H2,1-2H3;1-2H3. The monoisotopic (exact) mass is 295 g/mol. The largest absolute Gasteiger partial charge is 0.345 e. The van der Waals surface area contributed by atoms with Gasteiger partial charge in [0.05, 0.1) is 0 Å². The lowest BCUT2D eigenvalue weighted by atomic mass is 9.72. The predicted octanol–water partition coefficient (Wildman–Crippen LogP) is 5.50. The van der Waals surface area contributed by atoms with Crippen molar-refractivity contribution >= 4 is 5.69 Å². The molecular weight excluding hydrogens is 266 g/mol. The normalized spacial score (nSPS) is 28.1. The summed E-state index contributed by atoms with van der Waals surface area (Å²) in [5.74, 6) is 2.27. The summed E-state index contributed by atoms with van der Waals surface area (Å²) in [7, 11) is 0. The maximum absolute atomic E-state index is 4.45. The Labute approximate surface area is 135 Å². The Morgan fingerprint density at radius 3 is 2.68 bits per heavy atom. The first-order valence-electron chi connectivity index (χ1n) is 8.91. The maximum Gasteiger partial charge on any atom is 0.0444 e. The number of nitrogens with zero attached hydrogens (tertiary/aromatic N) is 1. The topological polar surface area (TPSA) is 3.24 Å². The van der Waals surface area contributed by atoms with Crippen molar-refractivity contribution in [2.75, 3.05) is 11.4 Å². The first kappa shape index (κ1) is 15.4. The van der Waals surface area contributed by atoms with Gasteiger partial charge in [-0.3, -0.25) is 0 Å². The SMILES string of the molecule is C=C(C1C=C2C(C)CC2C1)N1CCc2c(C)cccc21.CC. The van der Waals surface area contributed by atoms with Crippen molar-refractivity contribution in [1.29, 1.82) is 0 Å². The molecule has 1 saturated carbocycles. The number of benzene rings is 1. The smallest absolute Gasteiger partial charge is 0.0444 e. The highest BCUT2D eigenvalue weighted by molar-refractivity contribution is 5.64. The summed E-state index contributed by atoms with van der Waals surface area (Å²) in [6.07, 6.45) is 6.39. The third kappa shape index (κ3) is 2.31. The van der Waals surface area contributed by atoms with Crippen LogP contribution in [0.5, 0.6) is 0 Å². The Bertz CT molecular complexity index is 610.